The Bertz CT molecular complexity index is 348. The number of nitrogens with zero attached hydrogens (tertiary/aromatic N) is 1. The average molecular weight is 282 g/mol. The molecule has 0 spiro atoms. The maximum atomic E-state index is 11.4. The smallest absolute Gasteiger partial charge is 0.220 e. The van der Waals surface area contributed by atoms with Gasteiger partial charge in [0, 0.05) is 25.6 Å². The molecule has 114 valence electrons. The molecule has 1 aliphatic heterocycles. The van der Waals surface area contributed by atoms with Gasteiger partial charge in [0.15, 0.2) is 0 Å². The number of aliphatic hydroxyl groups is 1. The van der Waals surface area contributed by atoms with Gasteiger partial charge in [0.25, 0.3) is 0 Å². The highest BCUT2D eigenvalue weighted by molar-refractivity contribution is 5.79. The van der Waals surface area contributed by atoms with Gasteiger partial charge in [-0.1, -0.05) is 13.3 Å². The van der Waals surface area contributed by atoms with Crippen LogP contribution in [0.25, 0.3) is 0 Å². The molecule has 0 bridgehead atoms. The van der Waals surface area contributed by atoms with Crippen molar-refractivity contribution in [1.29, 1.82) is 0 Å². The van der Waals surface area contributed by atoms with Gasteiger partial charge in [0.2, 0.25) is 12.3 Å². The van der Waals surface area contributed by atoms with E-state index in [1.807, 2.05) is 6.92 Å². The summed E-state index contributed by atoms with van der Waals surface area (Å²) < 4.78 is 0. The van der Waals surface area contributed by atoms with Gasteiger partial charge in [0.05, 0.1) is 6.10 Å². The Kier molecular flexibility index (Phi) is 5.40. The first-order valence-corrected chi connectivity index (χ1v) is 7.79. The fourth-order valence-electron chi connectivity index (χ4n) is 3.63. The number of carbonyl (C=O) groups is 2. The number of hydrogen-bond donors (Lipinski definition) is 2. The third kappa shape index (κ3) is 3.95. The van der Waals surface area contributed by atoms with Gasteiger partial charge < -0.3 is 15.3 Å². The molecule has 4 unspecified atom stereocenters. The number of amides is 2. The van der Waals surface area contributed by atoms with E-state index in [4.69, 9.17) is 0 Å². The zero-order chi connectivity index (χ0) is 14.5. The van der Waals surface area contributed by atoms with Gasteiger partial charge in [-0.05, 0) is 37.5 Å². The molecular weight excluding hydrogens is 256 g/mol. The normalized spacial score (nSPS) is 30.5. The van der Waals surface area contributed by atoms with Crippen LogP contribution in [0.2, 0.25) is 0 Å². The molecule has 2 N–H and O–H groups in total. The van der Waals surface area contributed by atoms with Crippen LogP contribution in [0.5, 0.6) is 0 Å². The Morgan fingerprint density at radius 3 is 3.00 bits per heavy atom. The molecule has 0 radical (unpaired) electrons. The summed E-state index contributed by atoms with van der Waals surface area (Å²) in [5, 5.41) is 12.8. The molecule has 1 heterocycles. The summed E-state index contributed by atoms with van der Waals surface area (Å²) >= 11 is 0. The summed E-state index contributed by atoms with van der Waals surface area (Å²) in [6.07, 6.45) is 5.81. The molecule has 2 aliphatic rings. The number of fused-ring (bicyclic) bond motifs is 1. The number of carbonyl (C=O) groups excluding carboxylic acids is 2. The summed E-state index contributed by atoms with van der Waals surface area (Å²) in [5.41, 5.74) is 0. The Balaban J connectivity index is 1.80. The van der Waals surface area contributed by atoms with E-state index in [-0.39, 0.29) is 5.91 Å². The van der Waals surface area contributed by atoms with Crippen LogP contribution in [0.3, 0.4) is 0 Å². The molecule has 2 rings (SSSR count). The molecule has 1 saturated carbocycles. The third-order valence-electron chi connectivity index (χ3n) is 4.59. The van der Waals surface area contributed by atoms with Crippen molar-refractivity contribution >= 4 is 12.3 Å². The first-order chi connectivity index (χ1) is 9.62. The van der Waals surface area contributed by atoms with Crippen molar-refractivity contribution in [3.63, 3.8) is 0 Å². The standard InChI is InChI=1S/C15H26N2O3/c1-2-3-13(19)9-17(10-18)8-11-4-5-14-12(6-11)7-15(20)16-14/h10-14,19H,2-9H2,1H3,(H,16,20). The van der Waals surface area contributed by atoms with E-state index in [2.05, 4.69) is 5.32 Å². The maximum Gasteiger partial charge on any atom is 0.220 e. The van der Waals surface area contributed by atoms with Crippen molar-refractivity contribution in [3.8, 4) is 0 Å². The monoisotopic (exact) mass is 282 g/mol. The van der Waals surface area contributed by atoms with E-state index in [1.165, 1.54) is 0 Å². The largest absolute Gasteiger partial charge is 0.391 e. The van der Waals surface area contributed by atoms with Crippen molar-refractivity contribution in [2.24, 2.45) is 11.8 Å². The molecule has 5 nitrogen and oxygen atoms in total. The molecule has 0 aromatic carbocycles. The van der Waals surface area contributed by atoms with E-state index >= 15 is 0 Å². The lowest BCUT2D eigenvalue weighted by molar-refractivity contribution is -0.121. The summed E-state index contributed by atoms with van der Waals surface area (Å²) in [7, 11) is 0. The lowest BCUT2D eigenvalue weighted by atomic mass is 9.78. The molecule has 1 saturated heterocycles. The van der Waals surface area contributed by atoms with E-state index in [0.717, 1.165) is 38.5 Å². The summed E-state index contributed by atoms with van der Waals surface area (Å²) in [4.78, 5) is 24.3. The molecule has 2 amide bonds. The van der Waals surface area contributed by atoms with Crippen LogP contribution >= 0.6 is 0 Å². The van der Waals surface area contributed by atoms with Gasteiger partial charge >= 0.3 is 0 Å². The minimum absolute atomic E-state index is 0.172. The van der Waals surface area contributed by atoms with Gasteiger partial charge in [-0.25, -0.2) is 0 Å². The predicted molar refractivity (Wildman–Crippen MR) is 75.9 cm³/mol. The van der Waals surface area contributed by atoms with Crippen molar-refractivity contribution in [2.75, 3.05) is 13.1 Å². The molecule has 1 aliphatic carbocycles. The molecule has 5 heteroatoms. The molecule has 0 aromatic rings. The Hall–Kier alpha value is -1.10. The zero-order valence-corrected chi connectivity index (χ0v) is 12.3. The van der Waals surface area contributed by atoms with E-state index in [0.29, 0.717) is 37.4 Å². The second-order valence-corrected chi connectivity index (χ2v) is 6.32. The molecule has 20 heavy (non-hydrogen) atoms. The number of rotatable bonds is 7. The minimum atomic E-state index is -0.420. The van der Waals surface area contributed by atoms with Crippen molar-refractivity contribution in [1.82, 2.24) is 10.2 Å². The summed E-state index contributed by atoms with van der Waals surface area (Å²) in [6.45, 7) is 3.17. The molecule has 2 fully saturated rings. The second-order valence-electron chi connectivity index (χ2n) is 6.32. The van der Waals surface area contributed by atoms with Crippen LogP contribution in [-0.4, -0.2) is 47.6 Å². The highest BCUT2D eigenvalue weighted by Gasteiger charge is 2.37. The number of aliphatic hydroxyl groups excluding tert-OH is 1. The molecule has 4 atom stereocenters. The number of hydrogen-bond acceptors (Lipinski definition) is 3. The van der Waals surface area contributed by atoms with Gasteiger partial charge in [0.1, 0.15) is 0 Å². The van der Waals surface area contributed by atoms with Gasteiger partial charge in [-0.3, -0.25) is 9.59 Å². The Morgan fingerprint density at radius 2 is 2.30 bits per heavy atom. The highest BCUT2D eigenvalue weighted by Crippen LogP contribution is 2.35. The Labute approximate surface area is 120 Å². The van der Waals surface area contributed by atoms with Crippen molar-refractivity contribution in [3.05, 3.63) is 0 Å². The second kappa shape index (κ2) is 7.07. The fraction of sp³-hybridized carbons (Fsp3) is 0.867. The van der Waals surface area contributed by atoms with Crippen LogP contribution in [0, 0.1) is 11.8 Å². The van der Waals surface area contributed by atoms with E-state index < -0.39 is 6.10 Å². The van der Waals surface area contributed by atoms with Gasteiger partial charge in [-0.15, -0.1) is 0 Å². The lowest BCUT2D eigenvalue weighted by Crippen LogP contribution is -2.40. The average Bonchev–Trinajstić information content (AvgIpc) is 2.77. The Morgan fingerprint density at radius 1 is 1.50 bits per heavy atom. The van der Waals surface area contributed by atoms with Crippen LogP contribution in [0.1, 0.15) is 45.4 Å². The zero-order valence-electron chi connectivity index (χ0n) is 12.3. The topological polar surface area (TPSA) is 69.6 Å². The van der Waals surface area contributed by atoms with E-state index in [9.17, 15) is 14.7 Å². The minimum Gasteiger partial charge on any atom is -0.391 e. The molecular formula is C15H26N2O3. The van der Waals surface area contributed by atoms with Crippen LogP contribution in [-0.2, 0) is 9.59 Å². The van der Waals surface area contributed by atoms with E-state index in [1.54, 1.807) is 4.90 Å². The SMILES string of the molecule is CCCC(O)CN(C=O)CC1CCC2NC(=O)CC2C1. The first-order valence-electron chi connectivity index (χ1n) is 7.79. The summed E-state index contributed by atoms with van der Waals surface area (Å²) in [5.74, 6) is 1.07. The van der Waals surface area contributed by atoms with Crippen LogP contribution < -0.4 is 5.32 Å². The predicted octanol–water partition coefficient (Wildman–Crippen LogP) is 0.911. The third-order valence-corrected chi connectivity index (χ3v) is 4.59. The maximum absolute atomic E-state index is 11.4. The first kappa shape index (κ1) is 15.3. The van der Waals surface area contributed by atoms with Crippen molar-refractivity contribution in [2.45, 2.75) is 57.6 Å². The lowest BCUT2D eigenvalue weighted by Gasteiger charge is -2.33. The molecule has 0 aromatic heterocycles. The quantitative estimate of drug-likeness (QED) is 0.682. The van der Waals surface area contributed by atoms with Crippen LogP contribution in [0.15, 0.2) is 0 Å². The highest BCUT2D eigenvalue weighted by atomic mass is 16.3. The number of nitrogens with one attached hydrogen (secondary N) is 1. The summed E-state index contributed by atoms with van der Waals surface area (Å²) in [6, 6.07) is 0.356. The fourth-order valence-corrected chi connectivity index (χ4v) is 3.63. The van der Waals surface area contributed by atoms with Gasteiger partial charge in [-0.2, -0.15) is 0 Å². The van der Waals surface area contributed by atoms with Crippen molar-refractivity contribution < 1.29 is 14.7 Å². The van der Waals surface area contributed by atoms with Crippen LogP contribution in [0.4, 0.5) is 0 Å².